The van der Waals surface area contributed by atoms with E-state index in [0.29, 0.717) is 0 Å². The van der Waals surface area contributed by atoms with E-state index in [1.165, 1.54) is 71.6 Å². The van der Waals surface area contributed by atoms with Crippen LogP contribution in [0.4, 0.5) is 0 Å². The molecule has 1 spiro atoms. The molecule has 0 fully saturated rings. The molecule has 1 aromatic heterocycles. The second-order valence-electron chi connectivity index (χ2n) is 12.7. The summed E-state index contributed by atoms with van der Waals surface area (Å²) < 4.78 is 6.68. The zero-order valence-corrected chi connectivity index (χ0v) is 24.9. The van der Waals surface area contributed by atoms with Crippen LogP contribution in [0.3, 0.4) is 0 Å². The maximum Gasteiger partial charge on any atom is 0.143 e. The zero-order valence-electron chi connectivity index (χ0n) is 24.9. The largest absolute Gasteiger partial charge is 0.455 e. The minimum absolute atomic E-state index is 0.429. The van der Waals surface area contributed by atoms with E-state index >= 15 is 0 Å². The Labute approximate surface area is 266 Å². The summed E-state index contributed by atoms with van der Waals surface area (Å²) in [5.74, 6) is 0. The van der Waals surface area contributed by atoms with Crippen LogP contribution >= 0.6 is 0 Å². The topological polar surface area (TPSA) is 13.1 Å². The fraction of sp³-hybridized carbons (Fsp3) is 0.0222. The van der Waals surface area contributed by atoms with Crippen LogP contribution in [0.2, 0.25) is 0 Å². The summed E-state index contributed by atoms with van der Waals surface area (Å²) in [5, 5.41) is 7.40. The van der Waals surface area contributed by atoms with Crippen LogP contribution in [0.25, 0.3) is 76.9 Å². The highest BCUT2D eigenvalue weighted by atomic mass is 16.3. The van der Waals surface area contributed by atoms with Crippen molar-refractivity contribution in [1.82, 2.24) is 0 Å². The van der Waals surface area contributed by atoms with E-state index in [0.717, 1.165) is 27.5 Å². The Morgan fingerprint density at radius 3 is 1.54 bits per heavy atom. The maximum absolute atomic E-state index is 6.68. The van der Waals surface area contributed by atoms with Crippen LogP contribution in [0.1, 0.15) is 22.3 Å². The monoisotopic (exact) mass is 582 g/mol. The molecule has 9 aromatic rings. The third-order valence-corrected chi connectivity index (χ3v) is 10.7. The van der Waals surface area contributed by atoms with Gasteiger partial charge >= 0.3 is 0 Å². The Kier molecular flexibility index (Phi) is 4.57. The molecule has 0 amide bonds. The molecular formula is C45H26O. The van der Waals surface area contributed by atoms with Crippen molar-refractivity contribution in [2.45, 2.75) is 5.41 Å². The summed E-state index contributed by atoms with van der Waals surface area (Å²) in [6.07, 6.45) is 0. The molecule has 0 saturated heterocycles. The molecule has 0 atom stereocenters. The van der Waals surface area contributed by atoms with Crippen molar-refractivity contribution in [3.8, 4) is 33.4 Å². The predicted molar refractivity (Wildman–Crippen MR) is 190 cm³/mol. The van der Waals surface area contributed by atoms with E-state index in [1.807, 2.05) is 0 Å². The summed E-state index contributed by atoms with van der Waals surface area (Å²) in [4.78, 5) is 0. The first-order chi connectivity index (χ1) is 22.9. The first-order valence-corrected chi connectivity index (χ1v) is 16.0. The van der Waals surface area contributed by atoms with Crippen molar-refractivity contribution >= 4 is 43.5 Å². The molecule has 1 nitrogen and oxygen atoms in total. The Morgan fingerprint density at radius 2 is 0.804 bits per heavy atom. The van der Waals surface area contributed by atoms with Gasteiger partial charge in [-0.15, -0.1) is 0 Å². The minimum atomic E-state index is -0.429. The molecule has 11 rings (SSSR count). The third kappa shape index (κ3) is 2.79. The molecule has 0 aliphatic heterocycles. The smallest absolute Gasteiger partial charge is 0.143 e. The summed E-state index contributed by atoms with van der Waals surface area (Å²) >= 11 is 0. The van der Waals surface area contributed by atoms with Gasteiger partial charge in [-0.2, -0.15) is 0 Å². The molecule has 46 heavy (non-hydrogen) atoms. The van der Waals surface area contributed by atoms with Gasteiger partial charge in [0.05, 0.1) is 5.41 Å². The lowest BCUT2D eigenvalue weighted by Crippen LogP contribution is -2.31. The van der Waals surface area contributed by atoms with E-state index in [-0.39, 0.29) is 0 Å². The van der Waals surface area contributed by atoms with Gasteiger partial charge in [0.15, 0.2) is 0 Å². The van der Waals surface area contributed by atoms with Crippen molar-refractivity contribution in [2.24, 2.45) is 0 Å². The van der Waals surface area contributed by atoms with Crippen LogP contribution in [0.15, 0.2) is 162 Å². The van der Waals surface area contributed by atoms with Crippen molar-refractivity contribution in [3.63, 3.8) is 0 Å². The third-order valence-electron chi connectivity index (χ3n) is 10.7. The van der Waals surface area contributed by atoms with Crippen molar-refractivity contribution in [2.75, 3.05) is 0 Å². The highest BCUT2D eigenvalue weighted by molar-refractivity contribution is 6.26. The zero-order chi connectivity index (χ0) is 30.0. The fourth-order valence-electron chi connectivity index (χ4n) is 9.04. The maximum atomic E-state index is 6.68. The highest BCUT2D eigenvalue weighted by Crippen LogP contribution is 2.63. The number of hydrogen-bond donors (Lipinski definition) is 0. The summed E-state index contributed by atoms with van der Waals surface area (Å²) in [6, 6.07) is 58.2. The Balaban J connectivity index is 1.39. The average molecular weight is 583 g/mol. The van der Waals surface area contributed by atoms with Crippen LogP contribution in [0, 0.1) is 0 Å². The van der Waals surface area contributed by atoms with E-state index in [1.54, 1.807) is 0 Å². The Hall–Kier alpha value is -5.92. The molecule has 0 unspecified atom stereocenters. The van der Waals surface area contributed by atoms with Gasteiger partial charge < -0.3 is 4.42 Å². The van der Waals surface area contributed by atoms with E-state index in [4.69, 9.17) is 4.42 Å². The van der Waals surface area contributed by atoms with E-state index in [2.05, 4.69) is 158 Å². The lowest BCUT2D eigenvalue weighted by molar-refractivity contribution is 0.670. The van der Waals surface area contributed by atoms with Crippen molar-refractivity contribution in [3.05, 3.63) is 180 Å². The van der Waals surface area contributed by atoms with E-state index in [9.17, 15) is 0 Å². The molecule has 2 aliphatic carbocycles. The van der Waals surface area contributed by atoms with E-state index < -0.39 is 5.41 Å². The van der Waals surface area contributed by atoms with Crippen molar-refractivity contribution < 1.29 is 4.42 Å². The number of para-hydroxylation sites is 2. The fourth-order valence-corrected chi connectivity index (χ4v) is 9.04. The number of rotatable bonds is 1. The minimum Gasteiger partial charge on any atom is -0.455 e. The SMILES string of the molecule is c1ccc2c(c1)-c1ccccc1C21c2ccccc2-c2c3ccccc3c(-c3cccc4c3oc3ccccc34)c3cccc1c23. The number of benzene rings is 8. The van der Waals surface area contributed by atoms with Gasteiger partial charge in [0, 0.05) is 21.9 Å². The molecule has 1 heterocycles. The van der Waals surface area contributed by atoms with Crippen LogP contribution < -0.4 is 0 Å². The van der Waals surface area contributed by atoms with Crippen LogP contribution in [-0.2, 0) is 5.41 Å². The van der Waals surface area contributed by atoms with Gasteiger partial charge in [0.2, 0.25) is 0 Å². The second-order valence-corrected chi connectivity index (χ2v) is 12.7. The number of hydrogen-bond acceptors (Lipinski definition) is 1. The molecule has 0 radical (unpaired) electrons. The van der Waals surface area contributed by atoms with Gasteiger partial charge in [-0.05, 0) is 72.1 Å². The summed E-state index contributed by atoms with van der Waals surface area (Å²) in [6.45, 7) is 0. The normalized spacial score (nSPS) is 13.8. The average Bonchev–Trinajstić information content (AvgIpc) is 3.65. The number of furan rings is 1. The van der Waals surface area contributed by atoms with Gasteiger partial charge in [0.25, 0.3) is 0 Å². The van der Waals surface area contributed by atoms with Crippen molar-refractivity contribution in [1.29, 1.82) is 0 Å². The Bertz CT molecular complexity index is 2710. The lowest BCUT2D eigenvalue weighted by atomic mass is 9.60. The van der Waals surface area contributed by atoms with Crippen LogP contribution in [-0.4, -0.2) is 0 Å². The quantitative estimate of drug-likeness (QED) is 0.176. The molecule has 0 saturated carbocycles. The molecule has 0 bridgehead atoms. The van der Waals surface area contributed by atoms with Gasteiger partial charge in [0.1, 0.15) is 11.2 Å². The molecule has 0 N–H and O–H groups in total. The van der Waals surface area contributed by atoms with Gasteiger partial charge in [-0.3, -0.25) is 0 Å². The Morgan fingerprint density at radius 1 is 0.326 bits per heavy atom. The van der Waals surface area contributed by atoms with Gasteiger partial charge in [-0.25, -0.2) is 0 Å². The second kappa shape index (κ2) is 8.62. The molecule has 212 valence electrons. The lowest BCUT2D eigenvalue weighted by Gasteiger charge is -2.40. The summed E-state index contributed by atoms with van der Waals surface area (Å²) in [5.41, 5.74) is 14.5. The molecule has 2 aliphatic rings. The predicted octanol–water partition coefficient (Wildman–Crippen LogP) is 11.9. The first kappa shape index (κ1) is 24.4. The summed E-state index contributed by atoms with van der Waals surface area (Å²) in [7, 11) is 0. The van der Waals surface area contributed by atoms with Gasteiger partial charge in [-0.1, -0.05) is 152 Å². The molecule has 1 heteroatoms. The number of fused-ring (bicyclic) bond motifs is 14. The highest BCUT2D eigenvalue weighted by Gasteiger charge is 2.50. The molecular weight excluding hydrogens is 556 g/mol. The molecule has 8 aromatic carbocycles. The standard InChI is InChI=1S/C45H26O/c1-2-17-31-30(16-1)41(35-21-11-19-32-29-15-6-10-26-40(29)46-44(32)35)34-20-12-25-39-43(34)42(31)33-18-5-9-24-38(33)45(39)36-22-7-3-13-27(36)28-14-4-8-23-37(28)45/h1-26H. The van der Waals surface area contributed by atoms with Crippen LogP contribution in [0.5, 0.6) is 0 Å². The first-order valence-electron chi connectivity index (χ1n) is 16.0.